The van der Waals surface area contributed by atoms with Crippen molar-refractivity contribution in [2.24, 2.45) is 0 Å². The molecule has 7 heteroatoms. The van der Waals surface area contributed by atoms with Crippen LogP contribution in [0.25, 0.3) is 11.0 Å². The van der Waals surface area contributed by atoms with E-state index in [4.69, 9.17) is 0 Å². The highest BCUT2D eigenvalue weighted by atomic mass is 32.2. The summed E-state index contributed by atoms with van der Waals surface area (Å²) in [6.45, 7) is 2.92. The Balaban J connectivity index is 1.47. The number of aryl methyl sites for hydroxylation is 1. The van der Waals surface area contributed by atoms with Crippen LogP contribution in [0.3, 0.4) is 0 Å². The van der Waals surface area contributed by atoms with E-state index in [2.05, 4.69) is 32.2 Å². The highest BCUT2D eigenvalue weighted by Gasteiger charge is 2.14. The van der Waals surface area contributed by atoms with Crippen LogP contribution >= 0.6 is 23.1 Å². The van der Waals surface area contributed by atoms with Crippen LogP contribution in [-0.2, 0) is 12.3 Å². The molecule has 1 N–H and O–H groups in total. The molecule has 2 heterocycles. The zero-order valence-corrected chi connectivity index (χ0v) is 17.1. The van der Waals surface area contributed by atoms with Crippen molar-refractivity contribution in [3.05, 3.63) is 70.7 Å². The second kappa shape index (κ2) is 8.58. The molecule has 0 aliphatic heterocycles. The monoisotopic (exact) mass is 408 g/mol. The first-order chi connectivity index (χ1) is 13.7. The normalized spacial score (nSPS) is 11.0. The minimum Gasteiger partial charge on any atom is -0.310 e. The fourth-order valence-electron chi connectivity index (χ4n) is 2.96. The minimum absolute atomic E-state index is 0.149. The number of fused-ring (bicyclic) bond motifs is 1. The number of thiazole rings is 1. The van der Waals surface area contributed by atoms with E-state index in [1.54, 1.807) is 23.1 Å². The summed E-state index contributed by atoms with van der Waals surface area (Å²) in [5.41, 5.74) is 5.46. The van der Waals surface area contributed by atoms with Crippen molar-refractivity contribution in [3.63, 3.8) is 0 Å². The van der Waals surface area contributed by atoms with Crippen LogP contribution in [0.2, 0.25) is 0 Å². The van der Waals surface area contributed by atoms with Crippen molar-refractivity contribution < 1.29 is 4.79 Å². The van der Waals surface area contributed by atoms with Crippen LogP contribution in [-0.4, -0.2) is 20.4 Å². The van der Waals surface area contributed by atoms with Gasteiger partial charge in [0.25, 0.3) is 5.91 Å². The first-order valence-corrected chi connectivity index (χ1v) is 11.0. The van der Waals surface area contributed by atoms with Crippen LogP contribution in [0, 0.1) is 0 Å². The van der Waals surface area contributed by atoms with Gasteiger partial charge in [0.1, 0.15) is 0 Å². The molecule has 28 heavy (non-hydrogen) atoms. The summed E-state index contributed by atoms with van der Waals surface area (Å²) in [5.74, 6) is 1.27. The minimum atomic E-state index is -0.149. The van der Waals surface area contributed by atoms with Crippen molar-refractivity contribution >= 4 is 46.0 Å². The molecule has 2 aromatic heterocycles. The van der Waals surface area contributed by atoms with Crippen molar-refractivity contribution in [1.29, 1.82) is 0 Å². The molecule has 0 aliphatic rings. The van der Waals surface area contributed by atoms with Gasteiger partial charge in [0.15, 0.2) is 0 Å². The molecular weight excluding hydrogens is 388 g/mol. The summed E-state index contributed by atoms with van der Waals surface area (Å²) in [6.07, 6.45) is 0.966. The highest BCUT2D eigenvalue weighted by molar-refractivity contribution is 7.98. The fraction of sp³-hybridized carbons (Fsp3) is 0.190. The Morgan fingerprint density at radius 3 is 2.75 bits per heavy atom. The Kier molecular flexibility index (Phi) is 5.73. The number of hydrogen-bond acceptors (Lipinski definition) is 5. The van der Waals surface area contributed by atoms with Crippen molar-refractivity contribution in [3.8, 4) is 0 Å². The molecule has 0 saturated carbocycles. The molecule has 5 nitrogen and oxygen atoms in total. The lowest BCUT2D eigenvalue weighted by Crippen LogP contribution is -2.16. The third-order valence-corrected chi connectivity index (χ3v) is 5.99. The van der Waals surface area contributed by atoms with E-state index in [0.29, 0.717) is 11.5 Å². The number of anilines is 1. The first kappa shape index (κ1) is 18.7. The van der Waals surface area contributed by atoms with Gasteiger partial charge >= 0.3 is 0 Å². The maximum absolute atomic E-state index is 12.7. The molecule has 1 amide bonds. The summed E-state index contributed by atoms with van der Waals surface area (Å²) in [4.78, 5) is 22.7. The van der Waals surface area contributed by atoms with Crippen molar-refractivity contribution in [1.82, 2.24) is 14.5 Å². The van der Waals surface area contributed by atoms with Gasteiger partial charge in [-0.05, 0) is 42.8 Å². The highest BCUT2D eigenvalue weighted by Crippen LogP contribution is 2.24. The Morgan fingerprint density at radius 1 is 1.18 bits per heavy atom. The number of nitrogens with zero attached hydrogens (tertiary/aromatic N) is 3. The molecule has 0 atom stereocenters. The summed E-state index contributed by atoms with van der Waals surface area (Å²) in [6, 6.07) is 15.6. The molecule has 0 bridgehead atoms. The van der Waals surface area contributed by atoms with Crippen molar-refractivity contribution in [2.75, 3.05) is 5.32 Å². The molecule has 0 aliphatic carbocycles. The summed E-state index contributed by atoms with van der Waals surface area (Å²) in [5, 5.41) is 5.03. The van der Waals surface area contributed by atoms with Gasteiger partial charge in [0.2, 0.25) is 5.95 Å². The number of benzene rings is 2. The van der Waals surface area contributed by atoms with Gasteiger partial charge in [0, 0.05) is 28.1 Å². The Labute approximate surface area is 171 Å². The van der Waals surface area contributed by atoms with Gasteiger partial charge in [0.05, 0.1) is 22.2 Å². The predicted molar refractivity (Wildman–Crippen MR) is 116 cm³/mol. The molecule has 4 aromatic rings. The van der Waals surface area contributed by atoms with E-state index >= 15 is 0 Å². The quantitative estimate of drug-likeness (QED) is 0.413. The molecule has 0 saturated heterocycles. The smallest absolute Gasteiger partial charge is 0.257 e. The van der Waals surface area contributed by atoms with Crippen LogP contribution in [0.1, 0.15) is 29.4 Å². The number of rotatable bonds is 7. The largest absolute Gasteiger partial charge is 0.310 e. The maximum Gasteiger partial charge on any atom is 0.257 e. The molecular formula is C21H20N4OS2. The molecule has 4 rings (SSSR count). The average Bonchev–Trinajstić information content (AvgIpc) is 3.36. The predicted octanol–water partition coefficient (Wildman–Crippen LogP) is 5.45. The van der Waals surface area contributed by atoms with E-state index in [0.717, 1.165) is 40.3 Å². The van der Waals surface area contributed by atoms with Crippen LogP contribution < -0.4 is 5.32 Å². The number of aromatic nitrogens is 3. The van der Waals surface area contributed by atoms with Gasteiger partial charge in [-0.2, -0.15) is 0 Å². The topological polar surface area (TPSA) is 59.8 Å². The number of imidazole rings is 1. The summed E-state index contributed by atoms with van der Waals surface area (Å²) in [7, 11) is 0. The number of amides is 1. The maximum atomic E-state index is 12.7. The molecule has 0 unspecified atom stereocenters. The third kappa shape index (κ3) is 4.10. The summed E-state index contributed by atoms with van der Waals surface area (Å²) < 4.78 is 2.06. The van der Waals surface area contributed by atoms with Crippen LogP contribution in [0.4, 0.5) is 5.95 Å². The number of nitrogens with one attached hydrogen (secondary N) is 1. The van der Waals surface area contributed by atoms with Gasteiger partial charge in [-0.25, -0.2) is 9.97 Å². The van der Waals surface area contributed by atoms with E-state index in [9.17, 15) is 4.79 Å². The second-order valence-corrected chi connectivity index (χ2v) is 8.09. The van der Waals surface area contributed by atoms with E-state index in [-0.39, 0.29) is 5.91 Å². The number of carbonyl (C=O) groups excluding carboxylic acids is 1. The van der Waals surface area contributed by atoms with Gasteiger partial charge < -0.3 is 4.57 Å². The Bertz CT molecular complexity index is 1070. The van der Waals surface area contributed by atoms with E-state index in [1.165, 1.54) is 0 Å². The molecule has 0 fully saturated rings. The number of thioether (sulfide) groups is 1. The van der Waals surface area contributed by atoms with Gasteiger partial charge in [-0.1, -0.05) is 19.1 Å². The zero-order valence-electron chi connectivity index (χ0n) is 15.5. The standard InChI is InChI=1S/C21H20N4OS2/c1-2-11-25-19-6-4-3-5-18(19)23-21(25)24-20(26)15-7-9-17(10-8-15)28-13-16-12-27-14-22-16/h3-10,12,14H,2,11,13H2,1H3,(H,23,24,26). The lowest BCUT2D eigenvalue weighted by Gasteiger charge is -2.09. The Hall–Kier alpha value is -2.64. The molecule has 142 valence electrons. The fourth-order valence-corrected chi connectivity index (χ4v) is 4.43. The van der Waals surface area contributed by atoms with E-state index < -0.39 is 0 Å². The number of hydrogen-bond donors (Lipinski definition) is 1. The first-order valence-electron chi connectivity index (χ1n) is 9.11. The van der Waals surface area contributed by atoms with Gasteiger partial charge in [-0.15, -0.1) is 23.1 Å². The van der Waals surface area contributed by atoms with Crippen LogP contribution in [0.5, 0.6) is 0 Å². The summed E-state index contributed by atoms with van der Waals surface area (Å²) >= 11 is 3.31. The second-order valence-electron chi connectivity index (χ2n) is 6.32. The van der Waals surface area contributed by atoms with Crippen molar-refractivity contribution in [2.45, 2.75) is 30.5 Å². The number of carbonyl (C=O) groups is 1. The van der Waals surface area contributed by atoms with Gasteiger partial charge in [-0.3, -0.25) is 10.1 Å². The third-order valence-electron chi connectivity index (χ3n) is 4.31. The van der Waals surface area contributed by atoms with E-state index in [1.807, 2.05) is 54.0 Å². The molecule has 2 aromatic carbocycles. The molecule has 0 radical (unpaired) electrons. The number of para-hydroxylation sites is 2. The SMILES string of the molecule is CCCn1c(NC(=O)c2ccc(SCc3cscn3)cc2)nc2ccccc21. The lowest BCUT2D eigenvalue weighted by atomic mass is 10.2. The van der Waals surface area contributed by atoms with Crippen LogP contribution in [0.15, 0.2) is 64.3 Å². The zero-order chi connectivity index (χ0) is 19.3. The Morgan fingerprint density at radius 2 is 2.00 bits per heavy atom. The lowest BCUT2D eigenvalue weighted by molar-refractivity contribution is 0.102. The molecule has 0 spiro atoms. The average molecular weight is 409 g/mol.